The molecule has 5 nitrogen and oxygen atoms in total. The molecule has 0 bridgehead atoms. The van der Waals surface area contributed by atoms with E-state index in [2.05, 4.69) is 45.9 Å². The summed E-state index contributed by atoms with van der Waals surface area (Å²) in [6, 6.07) is 12.2. The quantitative estimate of drug-likeness (QED) is 0.809. The average Bonchev–Trinajstić information content (AvgIpc) is 3.48. The summed E-state index contributed by atoms with van der Waals surface area (Å²) in [6.45, 7) is 6.78. The van der Waals surface area contributed by atoms with Gasteiger partial charge in [0.15, 0.2) is 0 Å². The van der Waals surface area contributed by atoms with Crippen LogP contribution in [0.15, 0.2) is 30.3 Å². The van der Waals surface area contributed by atoms with Crippen molar-refractivity contribution in [1.29, 1.82) is 0 Å². The zero-order valence-electron chi connectivity index (χ0n) is 15.7. The number of rotatable bonds is 6. The molecule has 0 radical (unpaired) electrons. The first-order valence-corrected chi connectivity index (χ1v) is 10.3. The van der Waals surface area contributed by atoms with Crippen molar-refractivity contribution in [3.63, 3.8) is 0 Å². The molecule has 2 N–H and O–H groups in total. The van der Waals surface area contributed by atoms with Crippen LogP contribution in [-0.4, -0.2) is 73.6 Å². The van der Waals surface area contributed by atoms with Gasteiger partial charge in [-0.05, 0) is 37.9 Å². The summed E-state index contributed by atoms with van der Waals surface area (Å²) in [5, 5.41) is 7.17. The van der Waals surface area contributed by atoms with E-state index in [0.29, 0.717) is 30.3 Å². The van der Waals surface area contributed by atoms with Gasteiger partial charge < -0.3 is 20.4 Å². The highest BCUT2D eigenvalue weighted by Gasteiger charge is 2.39. The van der Waals surface area contributed by atoms with Crippen LogP contribution >= 0.6 is 0 Å². The van der Waals surface area contributed by atoms with Crippen molar-refractivity contribution < 1.29 is 4.79 Å². The number of nitrogens with zero attached hydrogens (tertiary/aromatic N) is 2. The lowest BCUT2D eigenvalue weighted by Gasteiger charge is -2.33. The Morgan fingerprint density at radius 3 is 2.54 bits per heavy atom. The van der Waals surface area contributed by atoms with Gasteiger partial charge in [-0.3, -0.25) is 4.79 Å². The second kappa shape index (κ2) is 8.51. The maximum atomic E-state index is 12.3. The van der Waals surface area contributed by atoms with Crippen molar-refractivity contribution >= 4 is 5.91 Å². The minimum atomic E-state index is 0.329. The Balaban J connectivity index is 1.13. The van der Waals surface area contributed by atoms with Gasteiger partial charge in [0.2, 0.25) is 5.91 Å². The lowest BCUT2D eigenvalue weighted by Crippen LogP contribution is -2.48. The number of hydrogen-bond acceptors (Lipinski definition) is 4. The van der Waals surface area contributed by atoms with Crippen LogP contribution in [0, 0.1) is 0 Å². The number of carbonyl (C=O) groups excluding carboxylic acids is 1. The Kier molecular flexibility index (Phi) is 5.88. The summed E-state index contributed by atoms with van der Waals surface area (Å²) in [4.78, 5) is 16.8. The van der Waals surface area contributed by atoms with Crippen molar-refractivity contribution in [2.24, 2.45) is 0 Å². The van der Waals surface area contributed by atoms with Gasteiger partial charge in [-0.25, -0.2) is 0 Å². The van der Waals surface area contributed by atoms with E-state index < -0.39 is 0 Å². The molecule has 2 saturated heterocycles. The van der Waals surface area contributed by atoms with Crippen LogP contribution in [0.5, 0.6) is 0 Å². The predicted molar refractivity (Wildman–Crippen MR) is 104 cm³/mol. The minimum absolute atomic E-state index is 0.329. The van der Waals surface area contributed by atoms with Crippen molar-refractivity contribution in [3.8, 4) is 0 Å². The monoisotopic (exact) mass is 356 g/mol. The summed E-state index contributed by atoms with van der Waals surface area (Å²) >= 11 is 0. The third-order valence-electron chi connectivity index (χ3n) is 6.17. The molecular weight excluding hydrogens is 324 g/mol. The molecule has 26 heavy (non-hydrogen) atoms. The number of amides is 1. The Morgan fingerprint density at radius 1 is 1.08 bits per heavy atom. The average molecular weight is 357 g/mol. The van der Waals surface area contributed by atoms with Gasteiger partial charge in [-0.15, -0.1) is 0 Å². The van der Waals surface area contributed by atoms with Gasteiger partial charge in [0.25, 0.3) is 0 Å². The molecule has 4 rings (SSSR count). The van der Waals surface area contributed by atoms with Gasteiger partial charge in [-0.1, -0.05) is 30.3 Å². The largest absolute Gasteiger partial charge is 0.340 e. The van der Waals surface area contributed by atoms with Gasteiger partial charge in [0.1, 0.15) is 0 Å². The molecule has 2 heterocycles. The van der Waals surface area contributed by atoms with E-state index in [0.717, 1.165) is 45.8 Å². The number of nitrogens with one attached hydrogen (secondary N) is 2. The van der Waals surface area contributed by atoms with Gasteiger partial charge >= 0.3 is 0 Å². The second-order valence-electron chi connectivity index (χ2n) is 8.02. The molecule has 0 aromatic heterocycles. The summed E-state index contributed by atoms with van der Waals surface area (Å²) in [7, 11) is 0. The highest BCUT2D eigenvalue weighted by Crippen LogP contribution is 2.41. The summed E-state index contributed by atoms with van der Waals surface area (Å²) < 4.78 is 0. The maximum Gasteiger partial charge on any atom is 0.223 e. The molecule has 5 heteroatoms. The molecule has 3 aliphatic rings. The number of piperidine rings is 1. The fourth-order valence-corrected chi connectivity index (χ4v) is 4.40. The molecule has 2 atom stereocenters. The van der Waals surface area contributed by atoms with Crippen LogP contribution in [0.2, 0.25) is 0 Å². The van der Waals surface area contributed by atoms with Crippen LogP contribution in [0.25, 0.3) is 0 Å². The van der Waals surface area contributed by atoms with Crippen LogP contribution in [0.3, 0.4) is 0 Å². The SMILES string of the molecule is O=C(CCN1CCC(N[C@@H]2C[C@H]2c2ccccc2)CC1)N1CCNCC1. The standard InChI is InChI=1S/C21H32N4O/c26-21(25-14-9-22-10-15-25)8-13-24-11-6-18(7-12-24)23-20-16-19(20)17-4-2-1-3-5-17/h1-5,18-20,22-23H,6-16H2/t19-,20+/m0/s1. The summed E-state index contributed by atoms with van der Waals surface area (Å²) in [6.07, 6.45) is 4.37. The molecular formula is C21H32N4O. The van der Waals surface area contributed by atoms with Crippen LogP contribution in [0.4, 0.5) is 0 Å². The Hall–Kier alpha value is -1.43. The molecule has 0 spiro atoms. The smallest absolute Gasteiger partial charge is 0.223 e. The Morgan fingerprint density at radius 2 is 1.81 bits per heavy atom. The Bertz CT molecular complexity index is 579. The number of likely N-dealkylation sites (tertiary alicyclic amines) is 1. The highest BCUT2D eigenvalue weighted by molar-refractivity contribution is 5.76. The number of hydrogen-bond donors (Lipinski definition) is 2. The fraction of sp³-hybridized carbons (Fsp3) is 0.667. The number of carbonyl (C=O) groups is 1. The molecule has 3 fully saturated rings. The lowest BCUT2D eigenvalue weighted by atomic mass is 10.0. The van der Waals surface area contributed by atoms with Gasteiger partial charge in [0.05, 0.1) is 0 Å². The van der Waals surface area contributed by atoms with E-state index in [1.807, 2.05) is 4.90 Å². The third kappa shape index (κ3) is 4.64. The number of piperazine rings is 1. The van der Waals surface area contributed by atoms with Crippen LogP contribution in [-0.2, 0) is 4.79 Å². The zero-order valence-corrected chi connectivity index (χ0v) is 15.7. The van der Waals surface area contributed by atoms with E-state index >= 15 is 0 Å². The van der Waals surface area contributed by atoms with Crippen molar-refractivity contribution in [3.05, 3.63) is 35.9 Å². The molecule has 142 valence electrons. The maximum absolute atomic E-state index is 12.3. The first-order valence-electron chi connectivity index (χ1n) is 10.3. The normalized spacial score (nSPS) is 27.5. The van der Waals surface area contributed by atoms with Crippen molar-refractivity contribution in [1.82, 2.24) is 20.4 Å². The lowest BCUT2D eigenvalue weighted by molar-refractivity contribution is -0.132. The van der Waals surface area contributed by atoms with E-state index in [9.17, 15) is 4.79 Å². The molecule has 0 unspecified atom stereocenters. The molecule has 1 aromatic rings. The van der Waals surface area contributed by atoms with E-state index in [4.69, 9.17) is 0 Å². The molecule has 1 aliphatic carbocycles. The second-order valence-corrected chi connectivity index (χ2v) is 8.02. The number of benzene rings is 1. The van der Waals surface area contributed by atoms with Gasteiger partial charge in [0, 0.05) is 57.1 Å². The summed E-state index contributed by atoms with van der Waals surface area (Å²) in [5.74, 6) is 1.04. The first-order chi connectivity index (χ1) is 12.8. The molecule has 1 aromatic carbocycles. The van der Waals surface area contributed by atoms with Crippen molar-refractivity contribution in [2.75, 3.05) is 45.8 Å². The van der Waals surface area contributed by atoms with Crippen LogP contribution in [0.1, 0.15) is 37.2 Å². The highest BCUT2D eigenvalue weighted by atomic mass is 16.2. The molecule has 1 amide bonds. The van der Waals surface area contributed by atoms with Crippen molar-refractivity contribution in [2.45, 2.75) is 43.7 Å². The predicted octanol–water partition coefficient (Wildman–Crippen LogP) is 1.42. The molecule has 1 saturated carbocycles. The zero-order chi connectivity index (χ0) is 17.8. The summed E-state index contributed by atoms with van der Waals surface area (Å²) in [5.41, 5.74) is 1.48. The Labute approximate surface area is 157 Å². The van der Waals surface area contributed by atoms with Crippen LogP contribution < -0.4 is 10.6 Å². The fourth-order valence-electron chi connectivity index (χ4n) is 4.40. The van der Waals surface area contributed by atoms with Gasteiger partial charge in [-0.2, -0.15) is 0 Å². The van der Waals surface area contributed by atoms with E-state index in [1.54, 1.807) is 0 Å². The van der Waals surface area contributed by atoms with E-state index in [1.165, 1.54) is 24.8 Å². The first kappa shape index (κ1) is 18.0. The topological polar surface area (TPSA) is 47.6 Å². The minimum Gasteiger partial charge on any atom is -0.340 e. The van der Waals surface area contributed by atoms with E-state index in [-0.39, 0.29) is 0 Å². The molecule has 2 aliphatic heterocycles. The third-order valence-corrected chi connectivity index (χ3v) is 6.17.